The molecule has 0 bridgehead atoms. The molecule has 2 atom stereocenters. The van der Waals surface area contributed by atoms with Crippen LogP contribution in [-0.4, -0.2) is 56.4 Å². The van der Waals surface area contributed by atoms with Crippen LogP contribution in [-0.2, 0) is 14.6 Å². The lowest BCUT2D eigenvalue weighted by Gasteiger charge is -2.34. The molecule has 2 rings (SSSR count). The van der Waals surface area contributed by atoms with Gasteiger partial charge in [-0.15, -0.1) is 0 Å². The first kappa shape index (κ1) is 15.8. The molecule has 0 spiro atoms. The third kappa shape index (κ3) is 3.19. The Hall–Kier alpha value is -1.60. The van der Waals surface area contributed by atoms with E-state index in [-0.39, 0.29) is 11.3 Å². The maximum Gasteiger partial charge on any atom is 0.320 e. The minimum atomic E-state index is -3.52. The number of sulfone groups is 1. The number of ether oxygens (including phenoxy) is 1. The van der Waals surface area contributed by atoms with Gasteiger partial charge in [0.15, 0.2) is 9.84 Å². The Morgan fingerprint density at radius 1 is 1.33 bits per heavy atom. The molecule has 116 valence electrons. The van der Waals surface area contributed by atoms with Crippen molar-refractivity contribution < 1.29 is 23.1 Å². The first-order chi connectivity index (χ1) is 9.86. The maximum atomic E-state index is 12.6. The lowest BCUT2D eigenvalue weighted by atomic mass is 10.0. The molecule has 7 heteroatoms. The van der Waals surface area contributed by atoms with E-state index in [9.17, 15) is 18.3 Å². The number of benzene rings is 1. The molecule has 21 heavy (non-hydrogen) atoms. The van der Waals surface area contributed by atoms with Crippen molar-refractivity contribution >= 4 is 15.8 Å². The molecular weight excluding hydrogens is 294 g/mol. The second kappa shape index (κ2) is 6.03. The van der Waals surface area contributed by atoms with Crippen molar-refractivity contribution in [2.24, 2.45) is 0 Å². The third-order valence-corrected chi connectivity index (χ3v) is 6.17. The van der Waals surface area contributed by atoms with Crippen molar-refractivity contribution in [3.05, 3.63) is 24.3 Å². The largest absolute Gasteiger partial charge is 0.497 e. The van der Waals surface area contributed by atoms with Gasteiger partial charge in [0.25, 0.3) is 0 Å². The molecule has 1 aromatic rings. The second-order valence-corrected chi connectivity index (χ2v) is 7.43. The molecule has 1 fully saturated rings. The summed E-state index contributed by atoms with van der Waals surface area (Å²) in [6.45, 7) is 0.455. The van der Waals surface area contributed by atoms with E-state index < -0.39 is 27.1 Å². The van der Waals surface area contributed by atoms with Crippen LogP contribution in [0.15, 0.2) is 29.2 Å². The van der Waals surface area contributed by atoms with Gasteiger partial charge in [0.2, 0.25) is 0 Å². The zero-order chi connectivity index (χ0) is 15.6. The van der Waals surface area contributed by atoms with E-state index in [1.165, 1.54) is 19.2 Å². The van der Waals surface area contributed by atoms with Crippen LogP contribution in [0.1, 0.15) is 12.8 Å². The number of aliphatic carboxylic acids is 1. The fourth-order valence-corrected chi connectivity index (χ4v) is 4.33. The number of hydrogen-bond acceptors (Lipinski definition) is 5. The summed E-state index contributed by atoms with van der Waals surface area (Å²) in [6, 6.07) is 5.44. The number of piperidine rings is 1. The molecule has 0 amide bonds. The summed E-state index contributed by atoms with van der Waals surface area (Å²) in [5.41, 5.74) is 0. The van der Waals surface area contributed by atoms with Crippen molar-refractivity contribution in [2.75, 3.05) is 20.7 Å². The van der Waals surface area contributed by atoms with Crippen molar-refractivity contribution in [3.63, 3.8) is 0 Å². The molecule has 2 unspecified atom stereocenters. The molecule has 0 aliphatic carbocycles. The second-order valence-electron chi connectivity index (χ2n) is 5.20. The lowest BCUT2D eigenvalue weighted by molar-refractivity contribution is -0.143. The summed E-state index contributed by atoms with van der Waals surface area (Å²) in [5.74, 6) is -0.395. The van der Waals surface area contributed by atoms with E-state index in [0.717, 1.165) is 0 Å². The summed E-state index contributed by atoms with van der Waals surface area (Å²) in [5, 5.41) is 8.51. The fraction of sp³-hybridized carbons (Fsp3) is 0.500. The van der Waals surface area contributed by atoms with Crippen molar-refractivity contribution in [1.82, 2.24) is 4.90 Å². The summed E-state index contributed by atoms with van der Waals surface area (Å²) >= 11 is 0. The van der Waals surface area contributed by atoms with E-state index in [0.29, 0.717) is 18.7 Å². The van der Waals surface area contributed by atoms with Crippen molar-refractivity contribution in [1.29, 1.82) is 0 Å². The number of carbonyl (C=O) groups is 1. The molecular formula is C14H19NO5S. The molecule has 0 saturated carbocycles. The summed E-state index contributed by atoms with van der Waals surface area (Å²) in [7, 11) is -0.307. The summed E-state index contributed by atoms with van der Waals surface area (Å²) < 4.78 is 30.2. The van der Waals surface area contributed by atoms with E-state index in [2.05, 4.69) is 0 Å². The Balaban J connectivity index is 2.24. The van der Waals surface area contributed by atoms with Crippen LogP contribution in [0.3, 0.4) is 0 Å². The number of carboxylic acids is 1. The smallest absolute Gasteiger partial charge is 0.320 e. The van der Waals surface area contributed by atoms with Gasteiger partial charge in [0.1, 0.15) is 11.8 Å². The quantitative estimate of drug-likeness (QED) is 0.893. The maximum absolute atomic E-state index is 12.6. The molecule has 1 aliphatic heterocycles. The Labute approximate surface area is 124 Å². The highest BCUT2D eigenvalue weighted by Crippen LogP contribution is 2.28. The predicted molar refractivity (Wildman–Crippen MR) is 77.3 cm³/mol. The average molecular weight is 313 g/mol. The van der Waals surface area contributed by atoms with Crippen LogP contribution in [0, 0.1) is 0 Å². The van der Waals surface area contributed by atoms with Gasteiger partial charge in [-0.25, -0.2) is 8.42 Å². The number of hydrogen-bond donors (Lipinski definition) is 1. The highest BCUT2D eigenvalue weighted by molar-refractivity contribution is 7.92. The van der Waals surface area contributed by atoms with Gasteiger partial charge in [0.05, 0.1) is 17.3 Å². The van der Waals surface area contributed by atoms with Gasteiger partial charge in [-0.05, 0) is 50.7 Å². The molecule has 1 N–H and O–H groups in total. The van der Waals surface area contributed by atoms with Crippen LogP contribution < -0.4 is 4.74 Å². The monoisotopic (exact) mass is 313 g/mol. The number of likely N-dealkylation sites (tertiary alicyclic amines) is 1. The van der Waals surface area contributed by atoms with E-state index in [1.807, 2.05) is 0 Å². The number of carboxylic acid groups (broad SMARTS) is 1. The van der Waals surface area contributed by atoms with E-state index >= 15 is 0 Å². The standard InChI is InChI=1S/C14H19NO5S/c1-15-8-7-12(9-13(15)14(16)17)21(18,19)11-5-3-10(20-2)4-6-11/h3-6,12-13H,7-9H2,1-2H3,(H,16,17). The zero-order valence-corrected chi connectivity index (χ0v) is 12.8. The van der Waals surface area contributed by atoms with Gasteiger partial charge in [-0.1, -0.05) is 0 Å². The number of methoxy groups -OCH3 is 1. The van der Waals surface area contributed by atoms with Gasteiger partial charge in [-0.3, -0.25) is 9.69 Å². The normalized spacial score (nSPS) is 23.7. The van der Waals surface area contributed by atoms with Crippen LogP contribution >= 0.6 is 0 Å². The first-order valence-corrected chi connectivity index (χ1v) is 8.22. The van der Waals surface area contributed by atoms with Crippen LogP contribution in [0.25, 0.3) is 0 Å². The van der Waals surface area contributed by atoms with Crippen molar-refractivity contribution in [2.45, 2.75) is 29.0 Å². The summed E-state index contributed by atoms with van der Waals surface area (Å²) in [6.07, 6.45) is 0.550. The molecule has 0 aromatic heterocycles. The Morgan fingerprint density at radius 2 is 1.95 bits per heavy atom. The molecule has 1 heterocycles. The van der Waals surface area contributed by atoms with Crippen LogP contribution in [0.4, 0.5) is 0 Å². The third-order valence-electron chi connectivity index (χ3n) is 3.93. The van der Waals surface area contributed by atoms with Gasteiger partial charge in [0, 0.05) is 0 Å². The van der Waals surface area contributed by atoms with Crippen LogP contribution in [0.5, 0.6) is 5.75 Å². The van der Waals surface area contributed by atoms with E-state index in [4.69, 9.17) is 4.74 Å². The molecule has 1 aromatic carbocycles. The Morgan fingerprint density at radius 3 is 2.48 bits per heavy atom. The van der Waals surface area contributed by atoms with Gasteiger partial charge >= 0.3 is 5.97 Å². The first-order valence-electron chi connectivity index (χ1n) is 6.67. The Bertz CT molecular complexity index is 611. The fourth-order valence-electron chi connectivity index (χ4n) is 2.58. The number of nitrogens with zero attached hydrogens (tertiary/aromatic N) is 1. The molecule has 1 saturated heterocycles. The zero-order valence-electron chi connectivity index (χ0n) is 12.0. The molecule has 0 radical (unpaired) electrons. The lowest BCUT2D eigenvalue weighted by Crippen LogP contribution is -2.48. The molecule has 1 aliphatic rings. The van der Waals surface area contributed by atoms with Crippen LogP contribution in [0.2, 0.25) is 0 Å². The summed E-state index contributed by atoms with van der Waals surface area (Å²) in [4.78, 5) is 13.1. The highest BCUT2D eigenvalue weighted by atomic mass is 32.2. The van der Waals surface area contributed by atoms with Gasteiger partial charge in [-0.2, -0.15) is 0 Å². The Kier molecular flexibility index (Phi) is 4.53. The van der Waals surface area contributed by atoms with Gasteiger partial charge < -0.3 is 9.84 Å². The number of rotatable bonds is 4. The predicted octanol–water partition coefficient (Wildman–Crippen LogP) is 1.02. The minimum absolute atomic E-state index is 0.111. The molecule has 6 nitrogen and oxygen atoms in total. The average Bonchev–Trinajstić information content (AvgIpc) is 2.47. The minimum Gasteiger partial charge on any atom is -0.497 e. The number of likely N-dealkylation sites (N-methyl/N-ethyl adjacent to an activating group) is 1. The van der Waals surface area contributed by atoms with E-state index in [1.54, 1.807) is 24.1 Å². The van der Waals surface area contributed by atoms with Crippen molar-refractivity contribution in [3.8, 4) is 5.75 Å². The highest BCUT2D eigenvalue weighted by Gasteiger charge is 2.38. The topological polar surface area (TPSA) is 83.9 Å². The SMILES string of the molecule is COc1ccc(S(=O)(=O)C2CCN(C)C(C(=O)O)C2)cc1.